The summed E-state index contributed by atoms with van der Waals surface area (Å²) in [6, 6.07) is 63.1. The topological polar surface area (TPSA) is 48.1 Å². The molecule has 1 radical (unpaired) electrons. The van der Waals surface area contributed by atoms with Crippen molar-refractivity contribution in [1.82, 2.24) is 19.4 Å². The van der Waals surface area contributed by atoms with E-state index in [0.717, 1.165) is 85.2 Å². The van der Waals surface area contributed by atoms with E-state index in [1.807, 2.05) is 66.7 Å². The Hall–Kier alpha value is -7.11. The molecule has 1 aliphatic rings. The SMILES string of the molecule is [2H]C([2H])([2H])c1ccc(-c2[c-]cc(-c3ccccc3-c3cc(CCc4c[c-]c(-c5nccn5C([2H])([2H])[2H])cc4)cc(CCc4c[c-]c(C5[N-]C=CN5C([2H])([2H])[2H])cc4)c3)c(-c3ccc(-c4ccccc4)cc3)c2)nc1.[Ir]. The van der Waals surface area contributed by atoms with E-state index < -0.39 is 27.0 Å². The van der Waals surface area contributed by atoms with Gasteiger partial charge in [-0.15, -0.1) is 59.2 Å². The molecule has 0 aliphatic carbocycles. The van der Waals surface area contributed by atoms with E-state index >= 15 is 0 Å². The monoisotopic (exact) mass is 1040 g/mol. The number of pyridine rings is 1. The molecule has 10 rings (SSSR count). The Balaban J connectivity index is 0.00000689. The van der Waals surface area contributed by atoms with Crippen molar-refractivity contribution in [2.45, 2.75) is 38.7 Å². The number of aromatic nitrogens is 3. The first-order valence-electron chi connectivity index (χ1n) is 26.2. The van der Waals surface area contributed by atoms with Crippen molar-refractivity contribution in [2.24, 2.45) is 6.98 Å². The van der Waals surface area contributed by atoms with Crippen molar-refractivity contribution in [2.75, 3.05) is 6.98 Å². The molecular formula is C60H49IrN5-4. The molecule has 3 heterocycles. The first-order chi connectivity index (χ1) is 35.5. The van der Waals surface area contributed by atoms with Gasteiger partial charge in [-0.05, 0) is 82.3 Å². The van der Waals surface area contributed by atoms with Gasteiger partial charge in [-0.25, -0.2) is 0 Å². The van der Waals surface area contributed by atoms with Gasteiger partial charge in [0, 0.05) is 65.0 Å². The largest absolute Gasteiger partial charge is 0.668 e. The number of hydrogen-bond donors (Lipinski definition) is 0. The fourth-order valence-corrected chi connectivity index (χ4v) is 8.50. The first-order valence-corrected chi connectivity index (χ1v) is 21.7. The van der Waals surface area contributed by atoms with Crippen LogP contribution in [0.4, 0.5) is 0 Å². The van der Waals surface area contributed by atoms with Crippen molar-refractivity contribution < 1.29 is 32.4 Å². The smallest absolute Gasteiger partial charge is 0.0555 e. The summed E-state index contributed by atoms with van der Waals surface area (Å²) in [5.41, 5.74) is 15.4. The average molecular weight is 1040 g/mol. The molecule has 0 N–H and O–H groups in total. The number of imidazole rings is 1. The Morgan fingerprint density at radius 1 is 0.576 bits per heavy atom. The molecule has 7 aromatic carbocycles. The normalized spacial score (nSPS) is 15.7. The van der Waals surface area contributed by atoms with Gasteiger partial charge >= 0.3 is 0 Å². The van der Waals surface area contributed by atoms with E-state index in [9.17, 15) is 0 Å². The molecule has 0 saturated heterocycles. The maximum atomic E-state index is 7.95. The molecule has 66 heavy (non-hydrogen) atoms. The molecule has 1 aliphatic heterocycles. The molecule has 2 aromatic heterocycles. The summed E-state index contributed by atoms with van der Waals surface area (Å²) in [6.45, 7) is -6.96. The molecular weight excluding hydrogens is 983 g/mol. The van der Waals surface area contributed by atoms with Gasteiger partial charge in [-0.1, -0.05) is 139 Å². The minimum atomic E-state index is -2.36. The average Bonchev–Trinajstić information content (AvgIpc) is 4.13. The molecule has 0 saturated carbocycles. The van der Waals surface area contributed by atoms with Crippen molar-refractivity contribution in [3.8, 4) is 67.2 Å². The van der Waals surface area contributed by atoms with Crippen LogP contribution in [-0.2, 0) is 52.8 Å². The Labute approximate surface area is 415 Å². The van der Waals surface area contributed by atoms with Crippen LogP contribution in [0.25, 0.3) is 72.5 Å². The molecule has 5 nitrogen and oxygen atoms in total. The summed E-state index contributed by atoms with van der Waals surface area (Å²) in [5.74, 6) is 0.337. The van der Waals surface area contributed by atoms with Crippen LogP contribution in [0.5, 0.6) is 0 Å². The van der Waals surface area contributed by atoms with E-state index in [4.69, 9.17) is 12.3 Å². The minimum absolute atomic E-state index is 0. The van der Waals surface area contributed by atoms with Crippen LogP contribution in [0.15, 0.2) is 189 Å². The molecule has 327 valence electrons. The molecule has 0 bridgehead atoms. The summed E-state index contributed by atoms with van der Waals surface area (Å²) in [7, 11) is 0. The zero-order valence-corrected chi connectivity index (χ0v) is 38.3. The zero-order valence-electron chi connectivity index (χ0n) is 44.9. The number of rotatable bonds is 13. The number of aryl methyl sites for hydroxylation is 6. The quantitative estimate of drug-likeness (QED) is 0.108. The van der Waals surface area contributed by atoms with Gasteiger partial charge < -0.3 is 19.8 Å². The van der Waals surface area contributed by atoms with Gasteiger partial charge in [0.25, 0.3) is 0 Å². The summed E-state index contributed by atoms with van der Waals surface area (Å²) < 4.78 is 72.5. The molecule has 1 atom stereocenters. The maximum Gasteiger partial charge on any atom is 0.0555 e. The predicted molar refractivity (Wildman–Crippen MR) is 266 cm³/mol. The Kier molecular flexibility index (Phi) is 10.4. The number of benzene rings is 7. The second-order valence-corrected chi connectivity index (χ2v) is 16.2. The summed E-state index contributed by atoms with van der Waals surface area (Å²) >= 11 is 0. The second-order valence-electron chi connectivity index (χ2n) is 16.2. The van der Waals surface area contributed by atoms with Crippen LogP contribution in [0.2, 0.25) is 0 Å². The van der Waals surface area contributed by atoms with Crippen LogP contribution in [-0.4, -0.2) is 26.4 Å². The van der Waals surface area contributed by atoms with Gasteiger partial charge in [0.15, 0.2) is 0 Å². The van der Waals surface area contributed by atoms with Gasteiger partial charge in [0.1, 0.15) is 0 Å². The fraction of sp³-hybridized carbons (Fsp3) is 0.133. The van der Waals surface area contributed by atoms with E-state index in [2.05, 4.69) is 112 Å². The Morgan fingerprint density at radius 2 is 1.29 bits per heavy atom. The van der Waals surface area contributed by atoms with E-state index in [1.54, 1.807) is 12.1 Å². The van der Waals surface area contributed by atoms with E-state index in [-0.39, 0.29) is 25.7 Å². The van der Waals surface area contributed by atoms with Crippen molar-refractivity contribution in [3.05, 3.63) is 246 Å². The molecule has 0 spiro atoms. The van der Waals surface area contributed by atoms with E-state index in [0.29, 0.717) is 35.5 Å². The van der Waals surface area contributed by atoms with Crippen LogP contribution in [0, 0.1) is 25.1 Å². The fourth-order valence-electron chi connectivity index (χ4n) is 8.50. The third-order valence-electron chi connectivity index (χ3n) is 11.9. The van der Waals surface area contributed by atoms with Crippen LogP contribution in [0.1, 0.15) is 51.9 Å². The van der Waals surface area contributed by atoms with Gasteiger partial charge in [0.05, 0.1) is 5.82 Å². The van der Waals surface area contributed by atoms with Crippen LogP contribution >= 0.6 is 0 Å². The van der Waals surface area contributed by atoms with Crippen molar-refractivity contribution in [1.29, 1.82) is 0 Å². The Bertz CT molecular complexity index is 3420. The second kappa shape index (κ2) is 20.0. The predicted octanol–water partition coefficient (Wildman–Crippen LogP) is 13.9. The molecule has 6 heteroatoms. The number of nitrogens with zero attached hydrogens (tertiary/aromatic N) is 5. The zero-order chi connectivity index (χ0) is 51.6. The van der Waals surface area contributed by atoms with Crippen LogP contribution < -0.4 is 0 Å². The van der Waals surface area contributed by atoms with Gasteiger partial charge in [-0.3, -0.25) is 4.98 Å². The summed E-state index contributed by atoms with van der Waals surface area (Å²) in [5, 5.41) is 4.39. The van der Waals surface area contributed by atoms with Crippen molar-refractivity contribution in [3.63, 3.8) is 0 Å². The van der Waals surface area contributed by atoms with Crippen molar-refractivity contribution >= 4 is 0 Å². The molecule has 0 fully saturated rings. The van der Waals surface area contributed by atoms with Crippen LogP contribution in [0.3, 0.4) is 0 Å². The first kappa shape index (κ1) is 34.3. The Morgan fingerprint density at radius 3 is 1.98 bits per heavy atom. The minimum Gasteiger partial charge on any atom is -0.668 e. The molecule has 9 aromatic rings. The molecule has 1 unspecified atom stereocenters. The third-order valence-corrected chi connectivity index (χ3v) is 11.9. The maximum absolute atomic E-state index is 7.95. The standard InChI is InChI=1S/C60H49N5.Ir/c1-42-13-32-58(63-41-42)52-30-31-56(57(40-52)49-28-26-48(27-29-49)47-9-5-4-6-10-47)55-12-8-7-11-54(55)53-38-45(16-14-43-18-22-50(23-19-43)59-61-33-35-64(59)2)37-46(39-53)17-15-44-20-24-51(25-21-44)60-62-34-36-65(60)3;/h4-13,18-22,24,26-29,31-41,59H,14-17H2,1-3H3;/q-4;/i1D3,2D3,3D3;. The summed E-state index contributed by atoms with van der Waals surface area (Å²) in [4.78, 5) is 10.2. The third kappa shape index (κ3) is 9.77. The van der Waals surface area contributed by atoms with Gasteiger partial charge in [-0.2, -0.15) is 41.6 Å². The van der Waals surface area contributed by atoms with Gasteiger partial charge in [0.2, 0.25) is 0 Å². The van der Waals surface area contributed by atoms with E-state index in [1.165, 1.54) is 40.5 Å². The number of hydrogen-bond acceptors (Lipinski definition) is 3. The summed E-state index contributed by atoms with van der Waals surface area (Å²) in [6.07, 6.45) is 9.59. The molecule has 0 amide bonds.